The first kappa shape index (κ1) is 15.6. The largest absolute Gasteiger partial charge is 0.346 e. The van der Waals surface area contributed by atoms with Crippen molar-refractivity contribution in [3.8, 4) is 11.8 Å². The van der Waals surface area contributed by atoms with E-state index in [0.717, 1.165) is 28.8 Å². The van der Waals surface area contributed by atoms with Gasteiger partial charge in [0.1, 0.15) is 5.65 Å². The van der Waals surface area contributed by atoms with E-state index in [0.29, 0.717) is 5.92 Å². The lowest BCUT2D eigenvalue weighted by molar-refractivity contribution is 0.421. The third kappa shape index (κ3) is 2.54. The van der Waals surface area contributed by atoms with Crippen LogP contribution in [-0.2, 0) is 0 Å². The van der Waals surface area contributed by atoms with Crippen LogP contribution in [0.2, 0.25) is 0 Å². The summed E-state index contributed by atoms with van der Waals surface area (Å²) in [6.45, 7) is 6.39. The summed E-state index contributed by atoms with van der Waals surface area (Å²) in [5.74, 6) is 0.743. The van der Waals surface area contributed by atoms with Crippen molar-refractivity contribution >= 4 is 16.6 Å². The highest BCUT2D eigenvalue weighted by Gasteiger charge is 2.28. The Morgan fingerprint density at radius 1 is 1.32 bits per heavy atom. The number of nitrogens with one attached hydrogen (secondary N) is 1. The van der Waals surface area contributed by atoms with Crippen molar-refractivity contribution in [3.05, 3.63) is 48.1 Å². The van der Waals surface area contributed by atoms with Crippen molar-refractivity contribution in [3.63, 3.8) is 0 Å². The number of rotatable bonds is 2. The van der Waals surface area contributed by atoms with Crippen LogP contribution in [0.3, 0.4) is 0 Å². The SMILES string of the molecule is Cc1nn(-c2ccnc3[nH]ccc23)cc1C1=CC(C)C(C#N)C[C@H]1C. The van der Waals surface area contributed by atoms with Crippen LogP contribution in [0.15, 0.2) is 36.8 Å². The molecule has 0 saturated heterocycles. The normalized spacial score (nSPS) is 23.4. The molecule has 3 aromatic rings. The van der Waals surface area contributed by atoms with E-state index in [4.69, 9.17) is 5.10 Å². The van der Waals surface area contributed by atoms with Gasteiger partial charge in [-0.3, -0.25) is 0 Å². The molecule has 0 spiro atoms. The van der Waals surface area contributed by atoms with E-state index in [1.807, 2.05) is 23.0 Å². The van der Waals surface area contributed by atoms with E-state index in [2.05, 4.69) is 49.1 Å². The molecule has 0 saturated carbocycles. The van der Waals surface area contributed by atoms with Crippen LogP contribution in [0.4, 0.5) is 0 Å². The predicted molar refractivity (Wildman–Crippen MR) is 98.0 cm³/mol. The first-order valence-electron chi connectivity index (χ1n) is 8.69. The van der Waals surface area contributed by atoms with Gasteiger partial charge in [0.2, 0.25) is 0 Å². The van der Waals surface area contributed by atoms with Crippen LogP contribution < -0.4 is 0 Å². The number of pyridine rings is 1. The van der Waals surface area contributed by atoms with Crippen molar-refractivity contribution in [1.82, 2.24) is 19.7 Å². The molecule has 0 bridgehead atoms. The zero-order valence-electron chi connectivity index (χ0n) is 14.7. The molecule has 4 rings (SSSR count). The van der Waals surface area contributed by atoms with Crippen molar-refractivity contribution in [2.24, 2.45) is 17.8 Å². The summed E-state index contributed by atoms with van der Waals surface area (Å²) in [6.07, 6.45) is 8.97. The van der Waals surface area contributed by atoms with Crippen LogP contribution in [0.5, 0.6) is 0 Å². The van der Waals surface area contributed by atoms with Gasteiger partial charge in [-0.2, -0.15) is 10.4 Å². The predicted octanol–water partition coefficient (Wildman–Crippen LogP) is 4.26. The summed E-state index contributed by atoms with van der Waals surface area (Å²) >= 11 is 0. The standard InChI is InChI=1S/C20H21N5/c1-12-9-17(13(2)8-15(12)10-21)18-11-25(24-14(18)3)19-5-7-23-20-16(19)4-6-22-20/h4-7,9,11-13,15H,8H2,1-3H3,(H,22,23)/t12?,13-,15?/m1/s1. The smallest absolute Gasteiger partial charge is 0.139 e. The molecule has 3 atom stereocenters. The number of allylic oxidation sites excluding steroid dienone is 2. The first-order chi connectivity index (χ1) is 12.1. The number of fused-ring (bicyclic) bond motifs is 1. The molecule has 1 aliphatic carbocycles. The Hall–Kier alpha value is -2.87. The average Bonchev–Trinajstić information content (AvgIpc) is 3.22. The fourth-order valence-electron chi connectivity index (χ4n) is 3.82. The number of H-pyrrole nitrogens is 1. The van der Waals surface area contributed by atoms with E-state index in [1.54, 1.807) is 6.20 Å². The van der Waals surface area contributed by atoms with E-state index in [1.165, 1.54) is 11.1 Å². The molecule has 2 unspecified atom stereocenters. The second-order valence-electron chi connectivity index (χ2n) is 7.00. The van der Waals surface area contributed by atoms with Crippen LogP contribution in [0, 0.1) is 36.0 Å². The number of aryl methyl sites for hydroxylation is 1. The second kappa shape index (κ2) is 5.89. The topological polar surface area (TPSA) is 70.3 Å². The Kier molecular flexibility index (Phi) is 3.69. The lowest BCUT2D eigenvalue weighted by Crippen LogP contribution is -2.19. The van der Waals surface area contributed by atoms with Gasteiger partial charge >= 0.3 is 0 Å². The van der Waals surface area contributed by atoms with Crippen LogP contribution >= 0.6 is 0 Å². The molecule has 3 heterocycles. The van der Waals surface area contributed by atoms with Gasteiger partial charge in [0.05, 0.1) is 23.4 Å². The van der Waals surface area contributed by atoms with Gasteiger partial charge in [0, 0.05) is 29.5 Å². The average molecular weight is 331 g/mol. The molecule has 0 radical (unpaired) electrons. The molecule has 0 amide bonds. The Morgan fingerprint density at radius 3 is 2.96 bits per heavy atom. The van der Waals surface area contributed by atoms with Crippen LogP contribution in [0.25, 0.3) is 22.3 Å². The molecule has 5 nitrogen and oxygen atoms in total. The Bertz CT molecular complexity index is 1000. The molecule has 0 aromatic carbocycles. The van der Waals surface area contributed by atoms with Crippen molar-refractivity contribution in [1.29, 1.82) is 5.26 Å². The zero-order chi connectivity index (χ0) is 17.6. The van der Waals surface area contributed by atoms with E-state index in [-0.39, 0.29) is 11.8 Å². The van der Waals surface area contributed by atoms with Crippen LogP contribution in [0.1, 0.15) is 31.5 Å². The molecule has 5 heteroatoms. The molecule has 0 fully saturated rings. The van der Waals surface area contributed by atoms with Crippen LogP contribution in [-0.4, -0.2) is 19.7 Å². The van der Waals surface area contributed by atoms with E-state index >= 15 is 0 Å². The maximum absolute atomic E-state index is 9.32. The minimum absolute atomic E-state index is 0.105. The third-order valence-corrected chi connectivity index (χ3v) is 5.28. The Labute approximate surface area is 147 Å². The summed E-state index contributed by atoms with van der Waals surface area (Å²) in [7, 11) is 0. The van der Waals surface area contributed by atoms with Gasteiger partial charge in [0.25, 0.3) is 0 Å². The highest BCUT2D eigenvalue weighted by Crippen LogP contribution is 2.39. The number of aromatic amines is 1. The summed E-state index contributed by atoms with van der Waals surface area (Å²) < 4.78 is 1.94. The fourth-order valence-corrected chi connectivity index (χ4v) is 3.82. The number of hydrogen-bond donors (Lipinski definition) is 1. The second-order valence-corrected chi connectivity index (χ2v) is 7.00. The number of hydrogen-bond acceptors (Lipinski definition) is 3. The fraction of sp³-hybridized carbons (Fsp3) is 0.350. The molecular formula is C20H21N5. The molecule has 1 aliphatic rings. The van der Waals surface area contributed by atoms with Gasteiger partial charge in [0.15, 0.2) is 0 Å². The molecular weight excluding hydrogens is 310 g/mol. The number of nitriles is 1. The van der Waals surface area contributed by atoms with Gasteiger partial charge in [-0.05, 0) is 42.9 Å². The quantitative estimate of drug-likeness (QED) is 0.763. The maximum Gasteiger partial charge on any atom is 0.139 e. The van der Waals surface area contributed by atoms with Crippen molar-refractivity contribution < 1.29 is 0 Å². The monoisotopic (exact) mass is 331 g/mol. The zero-order valence-corrected chi connectivity index (χ0v) is 14.7. The summed E-state index contributed by atoms with van der Waals surface area (Å²) in [4.78, 5) is 7.49. The summed E-state index contributed by atoms with van der Waals surface area (Å²) in [5.41, 5.74) is 5.38. The van der Waals surface area contributed by atoms with Gasteiger partial charge in [-0.15, -0.1) is 0 Å². The highest BCUT2D eigenvalue weighted by molar-refractivity contribution is 5.84. The molecule has 25 heavy (non-hydrogen) atoms. The van der Waals surface area contributed by atoms with Crippen molar-refractivity contribution in [2.45, 2.75) is 27.2 Å². The van der Waals surface area contributed by atoms with Gasteiger partial charge in [-0.1, -0.05) is 19.9 Å². The lowest BCUT2D eigenvalue weighted by Gasteiger charge is -2.28. The minimum atomic E-state index is 0.105. The Morgan fingerprint density at radius 2 is 2.16 bits per heavy atom. The summed E-state index contributed by atoms with van der Waals surface area (Å²) in [6, 6.07) is 6.45. The maximum atomic E-state index is 9.32. The van der Waals surface area contributed by atoms with Gasteiger partial charge < -0.3 is 4.98 Å². The third-order valence-electron chi connectivity index (χ3n) is 5.28. The highest BCUT2D eigenvalue weighted by atomic mass is 15.3. The number of nitrogens with zero attached hydrogens (tertiary/aromatic N) is 4. The Balaban J connectivity index is 1.79. The van der Waals surface area contributed by atoms with Crippen molar-refractivity contribution in [2.75, 3.05) is 0 Å². The number of aromatic nitrogens is 4. The molecule has 1 N–H and O–H groups in total. The van der Waals surface area contributed by atoms with E-state index < -0.39 is 0 Å². The minimum Gasteiger partial charge on any atom is -0.346 e. The van der Waals surface area contributed by atoms with E-state index in [9.17, 15) is 5.26 Å². The first-order valence-corrected chi connectivity index (χ1v) is 8.69. The molecule has 3 aromatic heterocycles. The lowest BCUT2D eigenvalue weighted by atomic mass is 9.75. The molecule has 126 valence electrons. The van der Waals surface area contributed by atoms with Gasteiger partial charge in [-0.25, -0.2) is 9.67 Å². The summed E-state index contributed by atoms with van der Waals surface area (Å²) in [5, 5.41) is 15.1. The molecule has 0 aliphatic heterocycles.